The van der Waals surface area contributed by atoms with Crippen molar-refractivity contribution < 1.29 is 27.5 Å². The summed E-state index contributed by atoms with van der Waals surface area (Å²) in [5, 5.41) is -0.779. The number of hydrogen-bond donors (Lipinski definition) is 1. The molecule has 1 aliphatic heterocycles. The van der Waals surface area contributed by atoms with Gasteiger partial charge in [0, 0.05) is 18.0 Å². The number of ether oxygens (including phenoxy) is 2. The third kappa shape index (κ3) is 3.92. The number of hydrogen-bond acceptors (Lipinski definition) is 7. The Kier molecular flexibility index (Phi) is 6.28. The smallest absolute Gasteiger partial charge is 0.320 e. The van der Waals surface area contributed by atoms with E-state index in [1.807, 2.05) is 27.7 Å². The SMILES string of the molecule is CCC1(OC(=O)C2C3CC4C(NS(=O)(=O)C42)C3OC(=O)CN(C(C)C)C(C)C)C2CC3CC(C2)CC1C3. The summed E-state index contributed by atoms with van der Waals surface area (Å²) in [5.74, 6) is 0.234. The van der Waals surface area contributed by atoms with Gasteiger partial charge in [0.2, 0.25) is 10.0 Å². The van der Waals surface area contributed by atoms with Gasteiger partial charge in [-0.25, -0.2) is 13.1 Å². The average Bonchev–Trinajstić information content (AvgIpc) is 3.42. The van der Waals surface area contributed by atoms with E-state index in [-0.39, 0.29) is 42.4 Å². The van der Waals surface area contributed by atoms with Crippen molar-refractivity contribution in [3.05, 3.63) is 0 Å². The van der Waals surface area contributed by atoms with Crippen LogP contribution in [0, 0.1) is 41.4 Å². The van der Waals surface area contributed by atoms with Crippen molar-refractivity contribution in [1.82, 2.24) is 9.62 Å². The zero-order chi connectivity index (χ0) is 26.4. The van der Waals surface area contributed by atoms with Crippen LogP contribution in [0.15, 0.2) is 0 Å². The molecular formula is C28H44N2O6S. The summed E-state index contributed by atoms with van der Waals surface area (Å²) in [4.78, 5) is 29.1. The monoisotopic (exact) mass is 536 g/mol. The lowest BCUT2D eigenvalue weighted by Crippen LogP contribution is -2.60. The molecule has 1 heterocycles. The molecule has 0 radical (unpaired) electrons. The maximum absolute atomic E-state index is 14.0. The number of esters is 2. The summed E-state index contributed by atoms with van der Waals surface area (Å²) in [7, 11) is -3.68. The molecule has 0 aromatic carbocycles. The molecule has 0 amide bonds. The first kappa shape index (κ1) is 26.1. The Hall–Kier alpha value is -1.19. The molecule has 9 heteroatoms. The molecule has 208 valence electrons. The van der Waals surface area contributed by atoms with Crippen LogP contribution >= 0.6 is 0 Å². The molecule has 37 heavy (non-hydrogen) atoms. The fraction of sp³-hybridized carbons (Fsp3) is 0.929. The summed E-state index contributed by atoms with van der Waals surface area (Å²) < 4.78 is 41.7. The van der Waals surface area contributed by atoms with E-state index in [0.717, 1.165) is 43.9 Å². The Bertz CT molecular complexity index is 1020. The molecule has 0 aromatic heterocycles. The first-order valence-electron chi connectivity index (χ1n) is 14.6. The molecule has 6 saturated carbocycles. The van der Waals surface area contributed by atoms with Crippen LogP contribution in [0.5, 0.6) is 0 Å². The normalized spacial score (nSPS) is 46.4. The van der Waals surface area contributed by atoms with Crippen molar-refractivity contribution in [2.75, 3.05) is 6.54 Å². The molecule has 1 saturated heterocycles. The minimum Gasteiger partial charge on any atom is -0.459 e. The van der Waals surface area contributed by atoms with Crippen molar-refractivity contribution in [2.24, 2.45) is 41.4 Å². The van der Waals surface area contributed by atoms with Crippen molar-refractivity contribution >= 4 is 22.0 Å². The molecule has 7 fully saturated rings. The number of rotatable bonds is 8. The van der Waals surface area contributed by atoms with Crippen LogP contribution in [-0.2, 0) is 29.1 Å². The molecule has 1 N–H and O–H groups in total. The fourth-order valence-corrected chi connectivity index (χ4v) is 12.3. The van der Waals surface area contributed by atoms with E-state index < -0.39 is 38.9 Å². The summed E-state index contributed by atoms with van der Waals surface area (Å²) in [6.45, 7) is 10.4. The zero-order valence-corrected chi connectivity index (χ0v) is 23.7. The Morgan fingerprint density at radius 3 is 2.08 bits per heavy atom. The molecule has 8 nitrogen and oxygen atoms in total. The molecule has 7 rings (SSSR count). The Labute approximate surface area is 221 Å². The van der Waals surface area contributed by atoms with E-state index in [1.165, 1.54) is 6.42 Å². The van der Waals surface area contributed by atoms with E-state index in [9.17, 15) is 18.0 Å². The van der Waals surface area contributed by atoms with Gasteiger partial charge in [0.05, 0.1) is 23.8 Å². The largest absolute Gasteiger partial charge is 0.459 e. The Balaban J connectivity index is 1.23. The Morgan fingerprint density at radius 2 is 1.54 bits per heavy atom. The van der Waals surface area contributed by atoms with Crippen molar-refractivity contribution in [3.8, 4) is 0 Å². The number of sulfonamides is 1. The average molecular weight is 537 g/mol. The third-order valence-corrected chi connectivity index (χ3v) is 13.2. The maximum Gasteiger partial charge on any atom is 0.320 e. The van der Waals surface area contributed by atoms with Crippen molar-refractivity contribution in [2.45, 2.75) is 115 Å². The molecule has 0 spiro atoms. The quantitative estimate of drug-likeness (QED) is 0.476. The van der Waals surface area contributed by atoms with E-state index in [2.05, 4.69) is 16.5 Å². The second-order valence-corrected chi connectivity index (χ2v) is 15.5. The first-order chi connectivity index (χ1) is 17.4. The molecule has 6 atom stereocenters. The van der Waals surface area contributed by atoms with Crippen LogP contribution in [0.1, 0.15) is 79.6 Å². The minimum atomic E-state index is -3.68. The number of nitrogens with one attached hydrogen (secondary N) is 1. The highest BCUT2D eigenvalue weighted by atomic mass is 32.2. The molecule has 6 aliphatic carbocycles. The van der Waals surface area contributed by atoms with Crippen LogP contribution in [0.3, 0.4) is 0 Å². The third-order valence-electron chi connectivity index (χ3n) is 11.2. The minimum absolute atomic E-state index is 0.145. The van der Waals surface area contributed by atoms with Gasteiger partial charge < -0.3 is 9.47 Å². The van der Waals surface area contributed by atoms with E-state index in [0.29, 0.717) is 18.3 Å². The molecule has 7 aliphatic rings. The van der Waals surface area contributed by atoms with E-state index in [4.69, 9.17) is 9.47 Å². The molecule has 0 aromatic rings. The highest BCUT2D eigenvalue weighted by molar-refractivity contribution is 7.90. The van der Waals surface area contributed by atoms with Crippen LogP contribution in [-0.4, -0.2) is 66.9 Å². The standard InChI is InChI=1S/C28H44N2O6S/c1-6-28(18-8-16-7-17(10-18)11-19(28)9-16)36-27(32)23-20-12-21-24(29-37(33,34)26(21)23)25(20)35-22(31)13-30(14(2)3)15(4)5/h14-21,23-26,29H,6-13H2,1-5H3. The summed E-state index contributed by atoms with van der Waals surface area (Å²) in [6.07, 6.45) is 6.55. The van der Waals surface area contributed by atoms with E-state index in [1.54, 1.807) is 0 Å². The summed E-state index contributed by atoms with van der Waals surface area (Å²) >= 11 is 0. The zero-order valence-electron chi connectivity index (χ0n) is 22.9. The van der Waals surface area contributed by atoms with Crippen LogP contribution in [0.4, 0.5) is 0 Å². The van der Waals surface area contributed by atoms with Crippen LogP contribution in [0.25, 0.3) is 0 Å². The lowest BCUT2D eigenvalue weighted by Gasteiger charge is -2.60. The molecule has 6 bridgehead atoms. The van der Waals surface area contributed by atoms with Gasteiger partial charge in [0.1, 0.15) is 11.7 Å². The van der Waals surface area contributed by atoms with Gasteiger partial charge in [-0.3, -0.25) is 14.5 Å². The first-order valence-corrected chi connectivity index (χ1v) is 16.2. The highest BCUT2D eigenvalue weighted by Gasteiger charge is 2.71. The number of carbonyl (C=O) groups is 2. The predicted octanol–water partition coefficient (Wildman–Crippen LogP) is 3.10. The van der Waals surface area contributed by atoms with Gasteiger partial charge in [-0.2, -0.15) is 0 Å². The van der Waals surface area contributed by atoms with Crippen LogP contribution < -0.4 is 4.72 Å². The lowest BCUT2D eigenvalue weighted by atomic mass is 9.49. The van der Waals surface area contributed by atoms with Crippen molar-refractivity contribution in [3.63, 3.8) is 0 Å². The van der Waals surface area contributed by atoms with Gasteiger partial charge in [0.15, 0.2) is 0 Å². The Morgan fingerprint density at radius 1 is 0.946 bits per heavy atom. The number of carbonyl (C=O) groups excluding carboxylic acids is 2. The van der Waals surface area contributed by atoms with Gasteiger partial charge >= 0.3 is 11.9 Å². The van der Waals surface area contributed by atoms with E-state index >= 15 is 0 Å². The molecular weight excluding hydrogens is 492 g/mol. The van der Waals surface area contributed by atoms with Gasteiger partial charge in [-0.1, -0.05) is 6.92 Å². The lowest BCUT2D eigenvalue weighted by molar-refractivity contribution is -0.216. The van der Waals surface area contributed by atoms with Crippen LogP contribution in [0.2, 0.25) is 0 Å². The second-order valence-electron chi connectivity index (χ2n) is 13.6. The second kappa shape index (κ2) is 8.91. The van der Waals surface area contributed by atoms with Gasteiger partial charge in [-0.15, -0.1) is 0 Å². The van der Waals surface area contributed by atoms with Crippen molar-refractivity contribution in [1.29, 1.82) is 0 Å². The van der Waals surface area contributed by atoms with Gasteiger partial charge in [-0.05, 0) is 102 Å². The number of nitrogens with zero attached hydrogens (tertiary/aromatic N) is 1. The summed E-state index contributed by atoms with van der Waals surface area (Å²) in [5.41, 5.74) is -0.470. The maximum atomic E-state index is 14.0. The predicted molar refractivity (Wildman–Crippen MR) is 138 cm³/mol. The highest BCUT2D eigenvalue weighted by Crippen LogP contribution is 2.62. The topological polar surface area (TPSA) is 102 Å². The summed E-state index contributed by atoms with van der Waals surface area (Å²) in [6, 6.07) is -0.0902. The fourth-order valence-electron chi connectivity index (χ4n) is 9.97. The van der Waals surface area contributed by atoms with Gasteiger partial charge in [0.25, 0.3) is 0 Å². The number of fused-ring (bicyclic) bond motifs is 1. The molecule has 6 unspecified atom stereocenters.